The number of hydrogen-bond donors (Lipinski definition) is 2. The van der Waals surface area contributed by atoms with E-state index in [1.54, 1.807) is 30.5 Å². The van der Waals surface area contributed by atoms with Crippen molar-refractivity contribution >= 4 is 29.1 Å². The number of hydrogen-bond acceptors (Lipinski definition) is 3. The SMILES string of the molecule is O=C(NCc1ccccn1)C1(C(=O)Nc2cccc(Cl)c2)CC1. The largest absolute Gasteiger partial charge is 0.350 e. The lowest BCUT2D eigenvalue weighted by Crippen LogP contribution is -2.39. The molecule has 1 aromatic carbocycles. The molecule has 1 fully saturated rings. The number of carbonyl (C=O) groups excluding carboxylic acids is 2. The van der Waals surface area contributed by atoms with E-state index < -0.39 is 5.41 Å². The van der Waals surface area contributed by atoms with E-state index in [2.05, 4.69) is 15.6 Å². The van der Waals surface area contributed by atoms with Gasteiger partial charge in [0, 0.05) is 16.9 Å². The van der Waals surface area contributed by atoms with Gasteiger partial charge in [0.2, 0.25) is 11.8 Å². The van der Waals surface area contributed by atoms with Gasteiger partial charge in [0.15, 0.2) is 0 Å². The molecule has 0 unspecified atom stereocenters. The molecule has 118 valence electrons. The fraction of sp³-hybridized carbons (Fsp3) is 0.235. The highest BCUT2D eigenvalue weighted by Crippen LogP contribution is 2.46. The number of nitrogens with one attached hydrogen (secondary N) is 2. The highest BCUT2D eigenvalue weighted by atomic mass is 35.5. The summed E-state index contributed by atoms with van der Waals surface area (Å²) < 4.78 is 0. The molecular weight excluding hydrogens is 314 g/mol. The van der Waals surface area contributed by atoms with Crippen LogP contribution in [0.3, 0.4) is 0 Å². The minimum atomic E-state index is -0.975. The highest BCUT2D eigenvalue weighted by Gasteiger charge is 2.56. The van der Waals surface area contributed by atoms with E-state index in [0.29, 0.717) is 30.1 Å². The van der Waals surface area contributed by atoms with Gasteiger partial charge in [-0.2, -0.15) is 0 Å². The van der Waals surface area contributed by atoms with Gasteiger partial charge >= 0.3 is 0 Å². The van der Waals surface area contributed by atoms with Crippen molar-refractivity contribution in [3.8, 4) is 0 Å². The zero-order valence-corrected chi connectivity index (χ0v) is 13.1. The Morgan fingerprint density at radius 2 is 1.96 bits per heavy atom. The highest BCUT2D eigenvalue weighted by molar-refractivity contribution is 6.31. The van der Waals surface area contributed by atoms with Gasteiger partial charge in [0.05, 0.1) is 12.2 Å². The molecule has 2 N–H and O–H groups in total. The second kappa shape index (κ2) is 6.38. The first-order valence-electron chi connectivity index (χ1n) is 7.35. The Bertz CT molecular complexity index is 730. The monoisotopic (exact) mass is 329 g/mol. The van der Waals surface area contributed by atoms with Gasteiger partial charge in [-0.25, -0.2) is 0 Å². The van der Waals surface area contributed by atoms with Crippen molar-refractivity contribution in [1.82, 2.24) is 10.3 Å². The molecule has 1 saturated carbocycles. The molecule has 0 aliphatic heterocycles. The van der Waals surface area contributed by atoms with Crippen molar-refractivity contribution in [2.75, 3.05) is 5.32 Å². The van der Waals surface area contributed by atoms with Gasteiger partial charge in [-0.3, -0.25) is 14.6 Å². The number of pyridine rings is 1. The van der Waals surface area contributed by atoms with Crippen molar-refractivity contribution in [3.63, 3.8) is 0 Å². The van der Waals surface area contributed by atoms with Crippen LogP contribution in [0.2, 0.25) is 5.02 Å². The van der Waals surface area contributed by atoms with E-state index in [9.17, 15) is 9.59 Å². The molecule has 1 heterocycles. The Morgan fingerprint density at radius 1 is 1.13 bits per heavy atom. The van der Waals surface area contributed by atoms with Crippen LogP contribution < -0.4 is 10.6 Å². The van der Waals surface area contributed by atoms with Crippen LogP contribution in [0.5, 0.6) is 0 Å². The predicted molar refractivity (Wildman–Crippen MR) is 87.8 cm³/mol. The first kappa shape index (κ1) is 15.5. The van der Waals surface area contributed by atoms with Crippen LogP contribution in [0.4, 0.5) is 5.69 Å². The van der Waals surface area contributed by atoms with Crippen molar-refractivity contribution in [2.24, 2.45) is 5.41 Å². The van der Waals surface area contributed by atoms with E-state index >= 15 is 0 Å². The van der Waals surface area contributed by atoms with Crippen molar-refractivity contribution in [1.29, 1.82) is 0 Å². The summed E-state index contributed by atoms with van der Waals surface area (Å²) in [7, 11) is 0. The minimum Gasteiger partial charge on any atom is -0.350 e. The van der Waals surface area contributed by atoms with Crippen LogP contribution in [0.15, 0.2) is 48.7 Å². The Kier molecular flexibility index (Phi) is 4.30. The molecule has 2 aromatic rings. The van der Waals surface area contributed by atoms with Gasteiger partial charge in [-0.15, -0.1) is 0 Å². The smallest absolute Gasteiger partial charge is 0.240 e. The summed E-state index contributed by atoms with van der Waals surface area (Å²) in [5, 5.41) is 6.09. The standard InChI is InChI=1S/C17H16ClN3O2/c18-12-4-3-6-13(10-12)21-16(23)17(7-8-17)15(22)20-11-14-5-1-2-9-19-14/h1-6,9-10H,7-8,11H2,(H,20,22)(H,21,23). The minimum absolute atomic E-state index is 0.261. The van der Waals surface area contributed by atoms with Crippen LogP contribution in [0.1, 0.15) is 18.5 Å². The molecule has 5 nitrogen and oxygen atoms in total. The molecule has 6 heteroatoms. The molecule has 3 rings (SSSR count). The molecule has 1 aliphatic rings. The van der Waals surface area contributed by atoms with Crippen LogP contribution in [-0.2, 0) is 16.1 Å². The summed E-state index contributed by atoms with van der Waals surface area (Å²) in [4.78, 5) is 28.9. The number of carbonyl (C=O) groups is 2. The van der Waals surface area contributed by atoms with Crippen molar-refractivity contribution < 1.29 is 9.59 Å². The summed E-state index contributed by atoms with van der Waals surface area (Å²) in [6.07, 6.45) is 2.77. The molecule has 0 atom stereocenters. The second-order valence-electron chi connectivity index (χ2n) is 5.55. The van der Waals surface area contributed by atoms with E-state index in [-0.39, 0.29) is 11.8 Å². The molecule has 1 aliphatic carbocycles. The molecule has 2 amide bonds. The summed E-state index contributed by atoms with van der Waals surface area (Å²) in [5.74, 6) is -0.555. The average Bonchev–Trinajstić information content (AvgIpc) is 3.35. The summed E-state index contributed by atoms with van der Waals surface area (Å²) >= 11 is 5.90. The molecule has 0 radical (unpaired) electrons. The second-order valence-corrected chi connectivity index (χ2v) is 5.99. The third-order valence-electron chi connectivity index (χ3n) is 3.86. The van der Waals surface area contributed by atoms with Crippen LogP contribution >= 0.6 is 11.6 Å². The Balaban J connectivity index is 1.62. The number of anilines is 1. The molecule has 0 bridgehead atoms. The predicted octanol–water partition coefficient (Wildman–Crippen LogP) is 2.77. The molecule has 0 saturated heterocycles. The van der Waals surface area contributed by atoms with E-state index in [1.165, 1.54) is 0 Å². The zero-order valence-electron chi connectivity index (χ0n) is 12.4. The molecular formula is C17H16ClN3O2. The third kappa shape index (κ3) is 3.51. The number of nitrogens with zero attached hydrogens (tertiary/aromatic N) is 1. The van der Waals surface area contributed by atoms with E-state index in [0.717, 1.165) is 5.69 Å². The first-order chi connectivity index (χ1) is 11.1. The first-order valence-corrected chi connectivity index (χ1v) is 7.73. The number of halogens is 1. The Hall–Kier alpha value is -2.40. The van der Waals surface area contributed by atoms with Gasteiger partial charge in [0.25, 0.3) is 0 Å². The van der Waals surface area contributed by atoms with Crippen LogP contribution in [0.25, 0.3) is 0 Å². The van der Waals surface area contributed by atoms with Crippen LogP contribution in [0, 0.1) is 5.41 Å². The number of benzene rings is 1. The van der Waals surface area contributed by atoms with Gasteiger partial charge in [-0.1, -0.05) is 23.7 Å². The molecule has 1 aromatic heterocycles. The zero-order chi connectivity index (χ0) is 16.3. The molecule has 0 spiro atoms. The lowest BCUT2D eigenvalue weighted by molar-refractivity contribution is -0.134. The van der Waals surface area contributed by atoms with Gasteiger partial charge < -0.3 is 10.6 Å². The molecule has 23 heavy (non-hydrogen) atoms. The Labute approximate surface area is 139 Å². The normalized spacial score (nSPS) is 14.8. The summed E-state index contributed by atoms with van der Waals surface area (Å²) in [6.45, 7) is 0.311. The third-order valence-corrected chi connectivity index (χ3v) is 4.09. The van der Waals surface area contributed by atoms with E-state index in [4.69, 9.17) is 11.6 Å². The summed E-state index contributed by atoms with van der Waals surface area (Å²) in [6, 6.07) is 12.4. The summed E-state index contributed by atoms with van der Waals surface area (Å²) in [5.41, 5.74) is 0.370. The van der Waals surface area contributed by atoms with E-state index in [1.807, 2.05) is 18.2 Å². The number of rotatable bonds is 5. The maximum atomic E-state index is 12.4. The maximum Gasteiger partial charge on any atom is 0.240 e. The average molecular weight is 330 g/mol. The number of amides is 2. The van der Waals surface area contributed by atoms with Gasteiger partial charge in [-0.05, 0) is 43.2 Å². The number of aromatic nitrogens is 1. The fourth-order valence-electron chi connectivity index (χ4n) is 2.34. The lowest BCUT2D eigenvalue weighted by Gasteiger charge is -2.15. The fourth-order valence-corrected chi connectivity index (χ4v) is 2.53. The topological polar surface area (TPSA) is 71.1 Å². The van der Waals surface area contributed by atoms with Crippen molar-refractivity contribution in [3.05, 3.63) is 59.4 Å². The maximum absolute atomic E-state index is 12.4. The van der Waals surface area contributed by atoms with Crippen LogP contribution in [-0.4, -0.2) is 16.8 Å². The van der Waals surface area contributed by atoms with Gasteiger partial charge in [0.1, 0.15) is 5.41 Å². The van der Waals surface area contributed by atoms with Crippen molar-refractivity contribution in [2.45, 2.75) is 19.4 Å². The Morgan fingerprint density at radius 3 is 2.61 bits per heavy atom. The lowest BCUT2D eigenvalue weighted by atomic mass is 10.0. The quantitative estimate of drug-likeness (QED) is 0.829.